The van der Waals surface area contributed by atoms with Gasteiger partial charge in [-0.25, -0.2) is 0 Å². The molecule has 0 N–H and O–H groups in total. The third-order valence-electron chi connectivity index (χ3n) is 4.33. The average Bonchev–Trinajstić information content (AvgIpc) is 2.62. The van der Waals surface area contributed by atoms with Gasteiger partial charge in [0.25, 0.3) is 0 Å². The van der Waals surface area contributed by atoms with Crippen molar-refractivity contribution >= 4 is 25.3 Å². The fraction of sp³-hybridized carbons (Fsp3) is 0.650. The number of rotatable bonds is 13. The van der Waals surface area contributed by atoms with Crippen LogP contribution in [0.5, 0.6) is 0 Å². The van der Waals surface area contributed by atoms with E-state index in [1.54, 1.807) is 25.6 Å². The fourth-order valence-corrected chi connectivity index (χ4v) is 5.39. The molecule has 0 saturated heterocycles. The molecule has 0 aliphatic rings. The van der Waals surface area contributed by atoms with Crippen LogP contribution in [0.25, 0.3) is 0 Å². The Labute approximate surface area is 168 Å². The van der Waals surface area contributed by atoms with Gasteiger partial charge in [-0.05, 0) is 44.9 Å². The summed E-state index contributed by atoms with van der Waals surface area (Å²) in [4.78, 5) is 12.8. The first-order chi connectivity index (χ1) is 12.8. The molecule has 27 heavy (non-hydrogen) atoms. The number of carbonyl (C=O) groups excluding carboxylic acids is 1. The van der Waals surface area contributed by atoms with Crippen LogP contribution in [0.1, 0.15) is 45.6 Å². The molecule has 0 saturated carbocycles. The van der Waals surface area contributed by atoms with Crippen molar-refractivity contribution in [2.75, 3.05) is 38.0 Å². The van der Waals surface area contributed by atoms with Crippen LogP contribution >= 0.6 is 19.4 Å². The molecular weight excluding hydrogens is 383 g/mol. The molecule has 0 fully saturated rings. The third-order valence-corrected chi connectivity index (χ3v) is 7.29. The van der Waals surface area contributed by atoms with Gasteiger partial charge in [-0.1, -0.05) is 37.3 Å². The summed E-state index contributed by atoms with van der Waals surface area (Å²) in [6, 6.07) is 10.2. The van der Waals surface area contributed by atoms with Crippen molar-refractivity contribution in [2.45, 2.75) is 40.0 Å². The standard InChI is InChI=1S/C20H33O5PS/c1-6-24-26(22,25-7-2)14-13-23-19(21)20(4,16-27-5)15-17(3)18-11-9-8-10-12-18/h8-12,17H,6-7,13-16H2,1-5H3. The van der Waals surface area contributed by atoms with Gasteiger partial charge in [-0.15, -0.1) is 0 Å². The predicted molar refractivity (Wildman–Crippen MR) is 113 cm³/mol. The second-order valence-electron chi connectivity index (χ2n) is 6.82. The second kappa shape index (κ2) is 11.9. The maximum atomic E-state index is 12.8. The van der Waals surface area contributed by atoms with E-state index in [-0.39, 0.29) is 24.7 Å². The molecule has 0 aliphatic carbocycles. The highest BCUT2D eigenvalue weighted by molar-refractivity contribution is 7.98. The van der Waals surface area contributed by atoms with Gasteiger partial charge >= 0.3 is 13.6 Å². The van der Waals surface area contributed by atoms with E-state index in [0.29, 0.717) is 25.4 Å². The van der Waals surface area contributed by atoms with Gasteiger partial charge in [-0.3, -0.25) is 9.36 Å². The molecule has 0 spiro atoms. The third kappa shape index (κ3) is 7.98. The molecular formula is C20H33O5PS. The lowest BCUT2D eigenvalue weighted by Gasteiger charge is -2.30. The Kier molecular flexibility index (Phi) is 10.7. The number of hydrogen-bond acceptors (Lipinski definition) is 6. The number of hydrogen-bond donors (Lipinski definition) is 0. The molecule has 0 aliphatic heterocycles. The van der Waals surface area contributed by atoms with Gasteiger partial charge < -0.3 is 13.8 Å². The Morgan fingerprint density at radius 3 is 2.30 bits per heavy atom. The van der Waals surface area contributed by atoms with Crippen LogP contribution in [0.2, 0.25) is 0 Å². The van der Waals surface area contributed by atoms with Crippen LogP contribution in [0, 0.1) is 5.41 Å². The first-order valence-electron chi connectivity index (χ1n) is 9.39. The van der Waals surface area contributed by atoms with Gasteiger partial charge in [0.1, 0.15) is 6.61 Å². The van der Waals surface area contributed by atoms with Crippen molar-refractivity contribution in [1.29, 1.82) is 0 Å². The molecule has 2 unspecified atom stereocenters. The van der Waals surface area contributed by atoms with Crippen LogP contribution in [-0.2, 0) is 23.1 Å². The minimum Gasteiger partial charge on any atom is -0.465 e. The molecule has 7 heteroatoms. The highest BCUT2D eigenvalue weighted by Gasteiger charge is 2.37. The van der Waals surface area contributed by atoms with E-state index in [4.69, 9.17) is 13.8 Å². The van der Waals surface area contributed by atoms with Crippen molar-refractivity contribution in [2.24, 2.45) is 5.41 Å². The molecule has 0 radical (unpaired) electrons. The number of ether oxygens (including phenoxy) is 1. The Morgan fingerprint density at radius 2 is 1.78 bits per heavy atom. The molecule has 5 nitrogen and oxygen atoms in total. The summed E-state index contributed by atoms with van der Waals surface area (Å²) < 4.78 is 28.5. The van der Waals surface area contributed by atoms with Crippen molar-refractivity contribution in [1.82, 2.24) is 0 Å². The zero-order valence-corrected chi connectivity index (χ0v) is 18.8. The normalized spacial score (nSPS) is 15.1. The minimum atomic E-state index is -3.20. The van der Waals surface area contributed by atoms with Crippen molar-refractivity contribution < 1.29 is 23.1 Å². The summed E-state index contributed by atoms with van der Waals surface area (Å²) in [5.41, 5.74) is 0.588. The topological polar surface area (TPSA) is 61.8 Å². The van der Waals surface area contributed by atoms with E-state index in [0.717, 1.165) is 0 Å². The lowest BCUT2D eigenvalue weighted by molar-refractivity contribution is -0.153. The molecule has 0 aromatic heterocycles. The lowest BCUT2D eigenvalue weighted by atomic mass is 9.80. The first-order valence-corrected chi connectivity index (χ1v) is 12.5. The molecule has 0 bridgehead atoms. The van der Waals surface area contributed by atoms with Crippen LogP contribution in [0.15, 0.2) is 30.3 Å². The Balaban J connectivity index is 2.72. The number of benzene rings is 1. The van der Waals surface area contributed by atoms with Crippen molar-refractivity contribution in [3.05, 3.63) is 35.9 Å². The Hall–Kier alpha value is -0.810. The molecule has 1 rings (SSSR count). The molecule has 1 aromatic rings. The van der Waals surface area contributed by atoms with E-state index in [1.807, 2.05) is 31.4 Å². The van der Waals surface area contributed by atoms with E-state index in [9.17, 15) is 9.36 Å². The van der Waals surface area contributed by atoms with E-state index >= 15 is 0 Å². The smallest absolute Gasteiger partial charge is 0.334 e. The largest absolute Gasteiger partial charge is 0.465 e. The maximum absolute atomic E-state index is 12.8. The van der Waals surface area contributed by atoms with E-state index in [2.05, 4.69) is 19.1 Å². The van der Waals surface area contributed by atoms with Gasteiger partial charge in [0, 0.05) is 5.75 Å². The number of thioether (sulfide) groups is 1. The second-order valence-corrected chi connectivity index (χ2v) is 9.87. The average molecular weight is 417 g/mol. The maximum Gasteiger partial charge on any atom is 0.334 e. The predicted octanol–water partition coefficient (Wildman–Crippen LogP) is 5.36. The van der Waals surface area contributed by atoms with Crippen LogP contribution < -0.4 is 0 Å². The highest BCUT2D eigenvalue weighted by Crippen LogP contribution is 2.47. The number of carbonyl (C=O) groups is 1. The fourth-order valence-electron chi connectivity index (χ4n) is 3.08. The molecule has 0 heterocycles. The summed E-state index contributed by atoms with van der Waals surface area (Å²) in [6.07, 6.45) is 2.74. The lowest BCUT2D eigenvalue weighted by Crippen LogP contribution is -2.34. The van der Waals surface area contributed by atoms with Crippen LogP contribution in [0.4, 0.5) is 0 Å². The van der Waals surface area contributed by atoms with E-state index in [1.165, 1.54) is 5.56 Å². The molecule has 1 aromatic carbocycles. The zero-order valence-electron chi connectivity index (χ0n) is 17.1. The van der Waals surface area contributed by atoms with Gasteiger partial charge in [0.05, 0.1) is 24.8 Å². The summed E-state index contributed by atoms with van der Waals surface area (Å²) in [6.45, 7) is 8.21. The number of esters is 1. The van der Waals surface area contributed by atoms with Crippen molar-refractivity contribution in [3.8, 4) is 0 Å². The van der Waals surface area contributed by atoms with Crippen molar-refractivity contribution in [3.63, 3.8) is 0 Å². The molecule has 154 valence electrons. The summed E-state index contributed by atoms with van der Waals surface area (Å²) >= 11 is 1.62. The molecule has 2 atom stereocenters. The summed E-state index contributed by atoms with van der Waals surface area (Å²) in [7, 11) is -3.20. The monoisotopic (exact) mass is 416 g/mol. The highest BCUT2D eigenvalue weighted by atomic mass is 32.2. The Morgan fingerprint density at radius 1 is 1.19 bits per heavy atom. The van der Waals surface area contributed by atoms with Crippen LogP contribution in [0.3, 0.4) is 0 Å². The van der Waals surface area contributed by atoms with E-state index < -0.39 is 13.0 Å². The summed E-state index contributed by atoms with van der Waals surface area (Å²) in [5, 5.41) is 0. The van der Waals surface area contributed by atoms with Gasteiger partial charge in [0.15, 0.2) is 0 Å². The first kappa shape index (κ1) is 24.2. The Bertz CT molecular complexity index is 600. The quantitative estimate of drug-likeness (QED) is 0.319. The van der Waals surface area contributed by atoms with Gasteiger partial charge in [-0.2, -0.15) is 11.8 Å². The zero-order chi connectivity index (χ0) is 20.3. The molecule has 0 amide bonds. The SMILES string of the molecule is CCOP(=O)(CCOC(=O)C(C)(CSC)CC(C)c1ccccc1)OCC. The van der Waals surface area contributed by atoms with Crippen LogP contribution in [-0.4, -0.2) is 44.0 Å². The van der Waals surface area contributed by atoms with Gasteiger partial charge in [0.2, 0.25) is 0 Å². The summed E-state index contributed by atoms with van der Waals surface area (Å²) in [5.74, 6) is 0.630. The minimum absolute atomic E-state index is 0.0276.